The second-order valence-corrected chi connectivity index (χ2v) is 6.48. The van der Waals surface area contributed by atoms with Gasteiger partial charge in [0.15, 0.2) is 11.2 Å². The van der Waals surface area contributed by atoms with E-state index in [0.717, 1.165) is 30.9 Å². The molecule has 0 radical (unpaired) electrons. The number of aromatic amines is 1. The molecule has 124 valence electrons. The minimum atomic E-state index is -0.444. The highest BCUT2D eigenvalue weighted by Gasteiger charge is 2.26. The van der Waals surface area contributed by atoms with E-state index in [-0.39, 0.29) is 0 Å². The maximum Gasteiger partial charge on any atom is 0.329 e. The molecule has 1 aliphatic rings. The number of rotatable bonds is 3. The van der Waals surface area contributed by atoms with Crippen molar-refractivity contribution in [3.05, 3.63) is 33.0 Å². The Hall–Kier alpha value is -2.31. The average molecular weight is 317 g/mol. The number of aryl methyl sites for hydroxylation is 1. The van der Waals surface area contributed by atoms with Gasteiger partial charge in [-0.2, -0.15) is 4.98 Å². The normalized spacial score (nSPS) is 18.6. The minimum absolute atomic E-state index is 0.362. The topological polar surface area (TPSA) is 75.9 Å². The lowest BCUT2D eigenvalue weighted by Crippen LogP contribution is -2.39. The lowest BCUT2D eigenvalue weighted by Gasteiger charge is -2.34. The van der Waals surface area contributed by atoms with E-state index in [4.69, 9.17) is 0 Å². The Morgan fingerprint density at radius 1 is 1.39 bits per heavy atom. The van der Waals surface area contributed by atoms with Crippen LogP contribution in [0.3, 0.4) is 0 Å². The number of H-pyrrole nitrogens is 1. The summed E-state index contributed by atoms with van der Waals surface area (Å²) in [5, 5.41) is 0. The number of nitrogens with one attached hydrogen (secondary N) is 1. The van der Waals surface area contributed by atoms with Crippen LogP contribution in [-0.2, 0) is 13.6 Å². The Morgan fingerprint density at radius 3 is 2.78 bits per heavy atom. The second-order valence-electron chi connectivity index (χ2n) is 6.48. The van der Waals surface area contributed by atoms with Crippen LogP contribution in [0.4, 0.5) is 5.95 Å². The van der Waals surface area contributed by atoms with Crippen molar-refractivity contribution in [2.75, 3.05) is 11.4 Å². The maximum absolute atomic E-state index is 12.4. The summed E-state index contributed by atoms with van der Waals surface area (Å²) in [5.74, 6) is 0.752. The molecule has 1 fully saturated rings. The molecule has 1 N–H and O–H groups in total. The molecule has 1 atom stereocenters. The Morgan fingerprint density at radius 2 is 2.13 bits per heavy atom. The molecule has 1 aliphatic heterocycles. The summed E-state index contributed by atoms with van der Waals surface area (Å²) in [6.07, 6.45) is 3.42. The summed E-state index contributed by atoms with van der Waals surface area (Å²) in [4.78, 5) is 33.5. The fourth-order valence-electron chi connectivity index (χ4n) is 3.26. The van der Waals surface area contributed by atoms with Crippen LogP contribution < -0.4 is 16.1 Å². The molecule has 0 bridgehead atoms. The van der Waals surface area contributed by atoms with Crippen LogP contribution in [-0.4, -0.2) is 31.7 Å². The Bertz CT molecular complexity index is 873. The molecule has 7 heteroatoms. The van der Waals surface area contributed by atoms with E-state index < -0.39 is 11.2 Å². The highest BCUT2D eigenvalue weighted by molar-refractivity contribution is 5.74. The first kappa shape index (κ1) is 15.6. The van der Waals surface area contributed by atoms with Gasteiger partial charge in [0.1, 0.15) is 0 Å². The molecule has 0 saturated carbocycles. The summed E-state index contributed by atoms with van der Waals surface area (Å²) in [6, 6.07) is 0.362. The van der Waals surface area contributed by atoms with Gasteiger partial charge in [-0.3, -0.25) is 14.3 Å². The molecule has 3 rings (SSSR count). The largest absolute Gasteiger partial charge is 0.339 e. The molecule has 0 aliphatic carbocycles. The molecule has 23 heavy (non-hydrogen) atoms. The monoisotopic (exact) mass is 317 g/mol. The van der Waals surface area contributed by atoms with Gasteiger partial charge >= 0.3 is 5.69 Å². The van der Waals surface area contributed by atoms with Gasteiger partial charge in [0, 0.05) is 26.2 Å². The summed E-state index contributed by atoms with van der Waals surface area (Å²) >= 11 is 0. The van der Waals surface area contributed by atoms with E-state index in [1.54, 1.807) is 7.05 Å². The van der Waals surface area contributed by atoms with Crippen molar-refractivity contribution >= 4 is 17.1 Å². The van der Waals surface area contributed by atoms with Crippen LogP contribution >= 0.6 is 0 Å². The predicted octanol–water partition coefficient (Wildman–Crippen LogP) is 1.38. The Balaban J connectivity index is 2.30. The van der Waals surface area contributed by atoms with Gasteiger partial charge in [-0.1, -0.05) is 12.2 Å². The lowest BCUT2D eigenvalue weighted by molar-refractivity contribution is 0.472. The number of imidazole rings is 1. The van der Waals surface area contributed by atoms with Gasteiger partial charge < -0.3 is 9.47 Å². The van der Waals surface area contributed by atoms with Gasteiger partial charge in [-0.05, 0) is 33.1 Å². The zero-order valence-corrected chi connectivity index (χ0v) is 13.9. The first-order valence-electron chi connectivity index (χ1n) is 8.00. The van der Waals surface area contributed by atoms with Crippen molar-refractivity contribution in [2.24, 2.45) is 7.05 Å². The second kappa shape index (κ2) is 5.72. The summed E-state index contributed by atoms with van der Waals surface area (Å²) in [7, 11) is 1.63. The van der Waals surface area contributed by atoms with E-state index >= 15 is 0 Å². The molecule has 2 aromatic rings. The van der Waals surface area contributed by atoms with E-state index in [0.29, 0.717) is 23.8 Å². The molecule has 1 saturated heterocycles. The number of piperidine rings is 1. The Labute approximate surface area is 134 Å². The molecule has 0 aromatic carbocycles. The summed E-state index contributed by atoms with van der Waals surface area (Å²) in [6.45, 7) is 9.48. The quantitative estimate of drug-likeness (QED) is 0.868. The summed E-state index contributed by atoms with van der Waals surface area (Å²) < 4.78 is 3.28. The number of aromatic nitrogens is 4. The van der Waals surface area contributed by atoms with Gasteiger partial charge in [0.25, 0.3) is 5.56 Å². The minimum Gasteiger partial charge on any atom is -0.339 e. The third kappa shape index (κ3) is 2.60. The van der Waals surface area contributed by atoms with Crippen molar-refractivity contribution in [2.45, 2.75) is 45.7 Å². The van der Waals surface area contributed by atoms with Crippen molar-refractivity contribution in [3.8, 4) is 0 Å². The SMILES string of the molecule is C=C(C)Cn1c(N2CCCC[C@H]2C)nc2c1c(=O)[nH]c(=O)n2C. The molecule has 0 unspecified atom stereocenters. The molecule has 3 heterocycles. The Kier molecular flexibility index (Phi) is 3.87. The van der Waals surface area contributed by atoms with Crippen molar-refractivity contribution in [3.63, 3.8) is 0 Å². The predicted molar refractivity (Wildman–Crippen MR) is 91.1 cm³/mol. The van der Waals surface area contributed by atoms with Gasteiger partial charge in [-0.15, -0.1) is 0 Å². The standard InChI is InChI=1S/C16H23N5O2/c1-10(2)9-21-12-13(19(4)16(23)18-14(12)22)17-15(21)20-8-6-5-7-11(20)3/h11H,1,5-9H2,2-4H3,(H,18,22,23)/t11-/m1/s1. The van der Waals surface area contributed by atoms with Crippen LogP contribution in [0.15, 0.2) is 21.7 Å². The zero-order valence-electron chi connectivity index (χ0n) is 13.9. The van der Waals surface area contributed by atoms with Gasteiger partial charge in [0.2, 0.25) is 5.95 Å². The first-order chi connectivity index (χ1) is 10.9. The highest BCUT2D eigenvalue weighted by Crippen LogP contribution is 2.27. The van der Waals surface area contributed by atoms with Crippen LogP contribution in [0, 0.1) is 0 Å². The van der Waals surface area contributed by atoms with Crippen LogP contribution in [0.1, 0.15) is 33.1 Å². The molecule has 0 spiro atoms. The molecule has 7 nitrogen and oxygen atoms in total. The van der Waals surface area contributed by atoms with E-state index in [9.17, 15) is 9.59 Å². The lowest BCUT2D eigenvalue weighted by atomic mass is 10.0. The van der Waals surface area contributed by atoms with E-state index in [2.05, 4.69) is 28.4 Å². The average Bonchev–Trinajstić information content (AvgIpc) is 2.84. The summed E-state index contributed by atoms with van der Waals surface area (Å²) in [5.41, 5.74) is 0.951. The van der Waals surface area contributed by atoms with Gasteiger partial charge in [0.05, 0.1) is 0 Å². The van der Waals surface area contributed by atoms with E-state index in [1.165, 1.54) is 11.0 Å². The van der Waals surface area contributed by atoms with Crippen molar-refractivity contribution in [1.29, 1.82) is 0 Å². The molecular weight excluding hydrogens is 294 g/mol. The van der Waals surface area contributed by atoms with Crippen molar-refractivity contribution in [1.82, 2.24) is 19.1 Å². The number of allylic oxidation sites excluding steroid dienone is 1. The molecular formula is C16H23N5O2. The molecule has 0 amide bonds. The van der Waals surface area contributed by atoms with Crippen LogP contribution in [0.25, 0.3) is 11.2 Å². The van der Waals surface area contributed by atoms with E-state index in [1.807, 2.05) is 11.5 Å². The highest BCUT2D eigenvalue weighted by atomic mass is 16.2. The number of fused-ring (bicyclic) bond motifs is 1. The number of anilines is 1. The number of hydrogen-bond donors (Lipinski definition) is 1. The third-order valence-corrected chi connectivity index (χ3v) is 4.47. The van der Waals surface area contributed by atoms with Crippen LogP contribution in [0.2, 0.25) is 0 Å². The number of nitrogens with zero attached hydrogens (tertiary/aromatic N) is 4. The fraction of sp³-hybridized carbons (Fsp3) is 0.562. The molecule has 2 aromatic heterocycles. The number of hydrogen-bond acceptors (Lipinski definition) is 4. The maximum atomic E-state index is 12.4. The van der Waals surface area contributed by atoms with Crippen molar-refractivity contribution < 1.29 is 0 Å². The van der Waals surface area contributed by atoms with Gasteiger partial charge in [-0.25, -0.2) is 4.79 Å². The first-order valence-corrected chi connectivity index (χ1v) is 8.00. The third-order valence-electron chi connectivity index (χ3n) is 4.47. The van der Waals surface area contributed by atoms with Crippen LogP contribution in [0.5, 0.6) is 0 Å². The smallest absolute Gasteiger partial charge is 0.329 e. The zero-order chi connectivity index (χ0) is 16.7. The fourth-order valence-corrected chi connectivity index (χ4v) is 3.26.